The number of likely N-dealkylation sites (N-methyl/N-ethyl adjacent to an activating group) is 1. The van der Waals surface area contributed by atoms with Crippen LogP contribution in [0, 0.1) is 0 Å². The lowest BCUT2D eigenvalue weighted by Gasteiger charge is -2.25. The van der Waals surface area contributed by atoms with E-state index in [9.17, 15) is 5.11 Å². The van der Waals surface area contributed by atoms with Crippen LogP contribution in [0.3, 0.4) is 0 Å². The van der Waals surface area contributed by atoms with Crippen molar-refractivity contribution in [2.24, 2.45) is 0 Å². The van der Waals surface area contributed by atoms with E-state index in [0.29, 0.717) is 12.6 Å². The highest BCUT2D eigenvalue weighted by Crippen LogP contribution is 2.27. The Balaban J connectivity index is 2.08. The summed E-state index contributed by atoms with van der Waals surface area (Å²) in [5.74, 6) is 0.933. The lowest BCUT2D eigenvalue weighted by Crippen LogP contribution is -2.37. The SMILES string of the molecule is CCCc1nsc(N2CC(O)CC2CN(C)C)n1. The molecule has 1 aromatic rings. The molecule has 0 saturated carbocycles. The van der Waals surface area contributed by atoms with Crippen molar-refractivity contribution in [1.82, 2.24) is 14.3 Å². The third-order valence-corrected chi connectivity index (χ3v) is 3.94. The van der Waals surface area contributed by atoms with Crippen LogP contribution in [0.15, 0.2) is 0 Å². The van der Waals surface area contributed by atoms with Gasteiger partial charge in [0, 0.05) is 37.1 Å². The monoisotopic (exact) mass is 270 g/mol. The summed E-state index contributed by atoms with van der Waals surface area (Å²) in [7, 11) is 4.12. The Hall–Kier alpha value is -0.720. The summed E-state index contributed by atoms with van der Waals surface area (Å²) in [6.45, 7) is 3.76. The molecule has 0 aliphatic carbocycles. The van der Waals surface area contributed by atoms with Gasteiger partial charge in [0.15, 0.2) is 0 Å². The van der Waals surface area contributed by atoms with Gasteiger partial charge in [-0.25, -0.2) is 4.98 Å². The molecule has 2 heterocycles. The molecule has 1 aliphatic rings. The van der Waals surface area contributed by atoms with Crippen molar-refractivity contribution in [3.05, 3.63) is 5.82 Å². The summed E-state index contributed by atoms with van der Waals surface area (Å²) < 4.78 is 4.38. The zero-order valence-electron chi connectivity index (χ0n) is 11.3. The van der Waals surface area contributed by atoms with Gasteiger partial charge in [-0.1, -0.05) is 6.92 Å². The minimum Gasteiger partial charge on any atom is -0.391 e. The molecule has 0 bridgehead atoms. The average molecular weight is 270 g/mol. The zero-order chi connectivity index (χ0) is 13.1. The van der Waals surface area contributed by atoms with Gasteiger partial charge in [0.05, 0.1) is 6.10 Å². The number of rotatable bonds is 5. The topological polar surface area (TPSA) is 52.5 Å². The van der Waals surface area contributed by atoms with Gasteiger partial charge in [-0.05, 0) is 26.9 Å². The Morgan fingerprint density at radius 1 is 1.50 bits per heavy atom. The van der Waals surface area contributed by atoms with E-state index in [1.54, 1.807) is 0 Å². The number of aryl methyl sites for hydroxylation is 1. The van der Waals surface area contributed by atoms with Gasteiger partial charge in [-0.3, -0.25) is 0 Å². The van der Waals surface area contributed by atoms with E-state index in [1.807, 2.05) is 0 Å². The van der Waals surface area contributed by atoms with Crippen LogP contribution >= 0.6 is 11.5 Å². The molecule has 0 aromatic carbocycles. The molecule has 0 spiro atoms. The molecule has 0 radical (unpaired) electrons. The normalized spacial score (nSPS) is 24.2. The highest BCUT2D eigenvalue weighted by atomic mass is 32.1. The van der Waals surface area contributed by atoms with Gasteiger partial charge in [0.1, 0.15) is 5.82 Å². The van der Waals surface area contributed by atoms with E-state index in [-0.39, 0.29) is 6.10 Å². The summed E-state index contributed by atoms with van der Waals surface area (Å²) in [5.41, 5.74) is 0. The molecule has 2 unspecified atom stereocenters. The molecule has 0 amide bonds. The van der Waals surface area contributed by atoms with Crippen molar-refractivity contribution in [2.45, 2.75) is 38.3 Å². The van der Waals surface area contributed by atoms with Crippen molar-refractivity contribution in [2.75, 3.05) is 32.1 Å². The van der Waals surface area contributed by atoms with Crippen molar-refractivity contribution in [3.63, 3.8) is 0 Å². The van der Waals surface area contributed by atoms with Crippen molar-refractivity contribution in [3.8, 4) is 0 Å². The van der Waals surface area contributed by atoms with Crippen molar-refractivity contribution < 1.29 is 5.11 Å². The highest BCUT2D eigenvalue weighted by molar-refractivity contribution is 7.09. The predicted molar refractivity (Wildman–Crippen MR) is 74.2 cm³/mol. The first-order valence-electron chi connectivity index (χ1n) is 6.52. The van der Waals surface area contributed by atoms with E-state index in [2.05, 4.69) is 40.2 Å². The molecule has 1 aromatic heterocycles. The predicted octanol–water partition coefficient (Wildman–Crippen LogP) is 0.992. The number of hydrogen-bond acceptors (Lipinski definition) is 6. The minimum absolute atomic E-state index is 0.242. The molecule has 1 saturated heterocycles. The third-order valence-electron chi connectivity index (χ3n) is 3.14. The Bertz CT molecular complexity index is 382. The number of aromatic nitrogens is 2. The maximum absolute atomic E-state index is 9.85. The van der Waals surface area contributed by atoms with Crippen LogP contribution in [-0.2, 0) is 6.42 Å². The largest absolute Gasteiger partial charge is 0.391 e. The van der Waals surface area contributed by atoms with Crippen LogP contribution < -0.4 is 4.90 Å². The molecule has 1 aliphatic heterocycles. The number of β-amino-alcohol motifs (C(OH)–C–C–N with tert-alkyl or cyclic N) is 1. The number of anilines is 1. The summed E-state index contributed by atoms with van der Waals surface area (Å²) >= 11 is 1.45. The Morgan fingerprint density at radius 2 is 2.28 bits per heavy atom. The summed E-state index contributed by atoms with van der Waals surface area (Å²) in [4.78, 5) is 8.94. The van der Waals surface area contributed by atoms with Gasteiger partial charge in [-0.2, -0.15) is 4.37 Å². The van der Waals surface area contributed by atoms with Gasteiger partial charge in [-0.15, -0.1) is 0 Å². The van der Waals surface area contributed by atoms with E-state index in [0.717, 1.165) is 36.8 Å². The second-order valence-corrected chi connectivity index (χ2v) is 5.93. The number of aliphatic hydroxyl groups excluding tert-OH is 1. The Labute approximate surface area is 113 Å². The minimum atomic E-state index is -0.242. The average Bonchev–Trinajstić information content (AvgIpc) is 2.85. The van der Waals surface area contributed by atoms with Gasteiger partial charge in [0.2, 0.25) is 5.13 Å². The fourth-order valence-electron chi connectivity index (χ4n) is 2.41. The second kappa shape index (κ2) is 5.95. The molecule has 2 rings (SSSR count). The molecule has 5 nitrogen and oxygen atoms in total. The molecule has 1 N–H and O–H groups in total. The second-order valence-electron chi connectivity index (χ2n) is 5.20. The maximum atomic E-state index is 9.85. The molecule has 1 fully saturated rings. The Morgan fingerprint density at radius 3 is 2.94 bits per heavy atom. The van der Waals surface area contributed by atoms with E-state index in [1.165, 1.54) is 11.5 Å². The summed E-state index contributed by atoms with van der Waals surface area (Å²) in [5, 5.41) is 10.8. The lowest BCUT2D eigenvalue weighted by molar-refractivity contribution is 0.191. The summed E-state index contributed by atoms with van der Waals surface area (Å²) in [6, 6.07) is 0.345. The molecule has 18 heavy (non-hydrogen) atoms. The van der Waals surface area contributed by atoms with Crippen LogP contribution in [-0.4, -0.2) is 58.7 Å². The lowest BCUT2D eigenvalue weighted by atomic mass is 10.2. The standard InChI is InChI=1S/C12H22N4OS/c1-4-5-11-13-12(18-14-11)16-8-10(17)6-9(16)7-15(2)3/h9-10,17H,4-8H2,1-3H3. The quantitative estimate of drug-likeness (QED) is 0.865. The van der Waals surface area contributed by atoms with Crippen molar-refractivity contribution in [1.29, 1.82) is 0 Å². The first kappa shape index (κ1) is 13.7. The molecule has 6 heteroatoms. The fourth-order valence-corrected chi connectivity index (χ4v) is 3.20. The van der Waals surface area contributed by atoms with E-state index < -0.39 is 0 Å². The molecule has 102 valence electrons. The summed E-state index contributed by atoms with van der Waals surface area (Å²) in [6.07, 6.45) is 2.58. The maximum Gasteiger partial charge on any atom is 0.205 e. The van der Waals surface area contributed by atoms with Crippen LogP contribution in [0.1, 0.15) is 25.6 Å². The highest BCUT2D eigenvalue weighted by Gasteiger charge is 2.33. The van der Waals surface area contributed by atoms with E-state index >= 15 is 0 Å². The number of hydrogen-bond donors (Lipinski definition) is 1. The first-order valence-corrected chi connectivity index (χ1v) is 7.29. The zero-order valence-corrected chi connectivity index (χ0v) is 12.2. The van der Waals surface area contributed by atoms with Crippen LogP contribution in [0.2, 0.25) is 0 Å². The van der Waals surface area contributed by atoms with Crippen molar-refractivity contribution >= 4 is 16.7 Å². The smallest absolute Gasteiger partial charge is 0.205 e. The first-order chi connectivity index (χ1) is 8.60. The van der Waals surface area contributed by atoms with Gasteiger partial charge >= 0.3 is 0 Å². The van der Waals surface area contributed by atoms with Crippen LogP contribution in [0.4, 0.5) is 5.13 Å². The van der Waals surface area contributed by atoms with Crippen LogP contribution in [0.5, 0.6) is 0 Å². The molecule has 2 atom stereocenters. The fraction of sp³-hybridized carbons (Fsp3) is 0.833. The van der Waals surface area contributed by atoms with Gasteiger partial charge < -0.3 is 14.9 Å². The Kier molecular flexibility index (Phi) is 4.53. The van der Waals surface area contributed by atoms with E-state index in [4.69, 9.17) is 0 Å². The number of nitrogens with zero attached hydrogens (tertiary/aromatic N) is 4. The van der Waals surface area contributed by atoms with Gasteiger partial charge in [0.25, 0.3) is 0 Å². The van der Waals surface area contributed by atoms with Crippen LogP contribution in [0.25, 0.3) is 0 Å². The number of aliphatic hydroxyl groups is 1. The third kappa shape index (κ3) is 3.18. The molecular weight excluding hydrogens is 248 g/mol. The molecular formula is C12H22N4OS.